The summed E-state index contributed by atoms with van der Waals surface area (Å²) in [6.45, 7) is 5.97. The zero-order valence-electron chi connectivity index (χ0n) is 18.1. The van der Waals surface area contributed by atoms with Gasteiger partial charge in [0.25, 0.3) is 0 Å². The van der Waals surface area contributed by atoms with Gasteiger partial charge >= 0.3 is 0 Å². The number of benzene rings is 2. The maximum absolute atomic E-state index is 6.01. The lowest BCUT2D eigenvalue weighted by Gasteiger charge is -2.27. The highest BCUT2D eigenvalue weighted by atomic mass is 16.6. The van der Waals surface area contributed by atoms with Crippen LogP contribution >= 0.6 is 0 Å². The third-order valence-corrected chi connectivity index (χ3v) is 4.59. The third-order valence-electron chi connectivity index (χ3n) is 4.59. The van der Waals surface area contributed by atoms with Crippen LogP contribution in [0.1, 0.15) is 12.5 Å². The number of guanidine groups is 1. The molecule has 2 N–H and O–H groups in total. The van der Waals surface area contributed by atoms with Crippen molar-refractivity contribution in [1.29, 1.82) is 0 Å². The Bertz CT molecular complexity index is 826. The summed E-state index contributed by atoms with van der Waals surface area (Å²) >= 11 is 0. The van der Waals surface area contributed by atoms with Crippen molar-refractivity contribution in [3.05, 3.63) is 54.1 Å². The van der Waals surface area contributed by atoms with Gasteiger partial charge in [0.05, 0.1) is 13.1 Å². The molecule has 0 fully saturated rings. The second-order valence-corrected chi connectivity index (χ2v) is 7.33. The first kappa shape index (κ1) is 21.8. The van der Waals surface area contributed by atoms with E-state index in [2.05, 4.69) is 15.5 Å². The van der Waals surface area contributed by atoms with Crippen molar-refractivity contribution < 1.29 is 14.2 Å². The van der Waals surface area contributed by atoms with Crippen LogP contribution in [0.15, 0.2) is 53.5 Å². The maximum atomic E-state index is 6.01. The number of para-hydroxylation sites is 3. The number of nitrogens with one attached hydrogen (secondary N) is 2. The minimum Gasteiger partial charge on any atom is -0.492 e. The Labute approximate surface area is 179 Å². The maximum Gasteiger partial charge on any atom is 0.191 e. The number of nitrogens with zero attached hydrogens (tertiary/aromatic N) is 2. The van der Waals surface area contributed by atoms with E-state index < -0.39 is 0 Å². The van der Waals surface area contributed by atoms with Crippen LogP contribution in [0.25, 0.3) is 0 Å². The average Bonchev–Trinajstić information content (AvgIpc) is 2.76. The van der Waals surface area contributed by atoms with Crippen molar-refractivity contribution in [2.45, 2.75) is 19.6 Å². The molecule has 30 heavy (non-hydrogen) atoms. The van der Waals surface area contributed by atoms with Crippen molar-refractivity contribution >= 4 is 5.96 Å². The smallest absolute Gasteiger partial charge is 0.191 e. The van der Waals surface area contributed by atoms with Crippen molar-refractivity contribution in [2.24, 2.45) is 4.99 Å². The SMILES string of the molecule is CCNC(=NCc1ccccc1OCCN(C)C)NCC1COc2ccccc2O1. The first-order valence-electron chi connectivity index (χ1n) is 10.4. The third kappa shape index (κ3) is 6.56. The van der Waals surface area contributed by atoms with Gasteiger partial charge in [0.2, 0.25) is 0 Å². The minimum atomic E-state index is -0.0783. The molecule has 1 unspecified atom stereocenters. The molecule has 1 atom stereocenters. The monoisotopic (exact) mass is 412 g/mol. The predicted octanol–water partition coefficient (Wildman–Crippen LogP) is 2.52. The van der Waals surface area contributed by atoms with Crippen molar-refractivity contribution in [3.8, 4) is 17.2 Å². The molecule has 0 bridgehead atoms. The first-order valence-corrected chi connectivity index (χ1v) is 10.4. The van der Waals surface area contributed by atoms with Crippen molar-refractivity contribution in [3.63, 3.8) is 0 Å². The normalized spacial score (nSPS) is 15.7. The number of hydrogen-bond donors (Lipinski definition) is 2. The highest BCUT2D eigenvalue weighted by Gasteiger charge is 2.20. The van der Waals surface area contributed by atoms with E-state index in [9.17, 15) is 0 Å². The fraction of sp³-hybridized carbons (Fsp3) is 0.435. The largest absolute Gasteiger partial charge is 0.492 e. The summed E-state index contributed by atoms with van der Waals surface area (Å²) in [5.41, 5.74) is 1.06. The van der Waals surface area contributed by atoms with E-state index >= 15 is 0 Å². The zero-order chi connectivity index (χ0) is 21.2. The number of aliphatic imine (C=N–C) groups is 1. The van der Waals surface area contributed by atoms with Gasteiger partial charge in [0.15, 0.2) is 17.5 Å². The van der Waals surface area contributed by atoms with Gasteiger partial charge in [0, 0.05) is 18.7 Å². The fourth-order valence-electron chi connectivity index (χ4n) is 2.99. The van der Waals surface area contributed by atoms with E-state index in [-0.39, 0.29) is 6.10 Å². The Morgan fingerprint density at radius 3 is 2.67 bits per heavy atom. The summed E-state index contributed by atoms with van der Waals surface area (Å²) in [6.07, 6.45) is -0.0783. The van der Waals surface area contributed by atoms with Crippen LogP contribution in [0.5, 0.6) is 17.2 Å². The molecular weight excluding hydrogens is 380 g/mol. The van der Waals surface area contributed by atoms with Gasteiger partial charge in [-0.2, -0.15) is 0 Å². The van der Waals surface area contributed by atoms with Crippen LogP contribution in [0, 0.1) is 0 Å². The highest BCUT2D eigenvalue weighted by Crippen LogP contribution is 2.30. The molecule has 0 saturated carbocycles. The van der Waals surface area contributed by atoms with E-state index in [1.807, 2.05) is 69.6 Å². The molecule has 162 valence electrons. The molecule has 3 rings (SSSR count). The van der Waals surface area contributed by atoms with Gasteiger partial charge in [-0.1, -0.05) is 30.3 Å². The first-order chi connectivity index (χ1) is 14.7. The molecule has 1 aliphatic heterocycles. The molecule has 2 aromatic rings. The van der Waals surface area contributed by atoms with Gasteiger partial charge < -0.3 is 29.7 Å². The standard InChI is InChI=1S/C23H32N4O3/c1-4-24-23(26-16-19-17-29-21-11-7-8-12-22(21)30-19)25-15-18-9-5-6-10-20(18)28-14-13-27(2)3/h5-12,19H,4,13-17H2,1-3H3,(H2,24,25,26). The van der Waals surface area contributed by atoms with E-state index in [0.717, 1.165) is 41.9 Å². The summed E-state index contributed by atoms with van der Waals surface area (Å²) in [5.74, 6) is 3.18. The fourth-order valence-corrected chi connectivity index (χ4v) is 2.99. The van der Waals surface area contributed by atoms with E-state index in [0.29, 0.717) is 26.3 Å². The molecular formula is C23H32N4O3. The molecule has 1 aliphatic rings. The lowest BCUT2D eigenvalue weighted by Crippen LogP contribution is -2.45. The lowest BCUT2D eigenvalue weighted by molar-refractivity contribution is 0.0936. The summed E-state index contributed by atoms with van der Waals surface area (Å²) in [5, 5.41) is 6.64. The topological polar surface area (TPSA) is 67.4 Å². The van der Waals surface area contributed by atoms with Gasteiger partial charge in [-0.15, -0.1) is 0 Å². The zero-order valence-corrected chi connectivity index (χ0v) is 18.1. The molecule has 7 heteroatoms. The molecule has 0 saturated heterocycles. The Balaban J connectivity index is 1.56. The van der Waals surface area contributed by atoms with E-state index in [1.165, 1.54) is 0 Å². The molecule has 0 spiro atoms. The predicted molar refractivity (Wildman–Crippen MR) is 120 cm³/mol. The van der Waals surface area contributed by atoms with Crippen LogP contribution < -0.4 is 24.8 Å². The number of rotatable bonds is 9. The van der Waals surface area contributed by atoms with E-state index in [1.54, 1.807) is 0 Å². The Hall–Kier alpha value is -2.93. The van der Waals surface area contributed by atoms with Gasteiger partial charge in [-0.05, 0) is 39.2 Å². The average molecular weight is 413 g/mol. The highest BCUT2D eigenvalue weighted by molar-refractivity contribution is 5.79. The minimum absolute atomic E-state index is 0.0783. The number of likely N-dealkylation sites (N-methyl/N-ethyl adjacent to an activating group) is 1. The second kappa shape index (κ2) is 11.3. The molecule has 1 heterocycles. The van der Waals surface area contributed by atoms with Crippen LogP contribution in [0.4, 0.5) is 0 Å². The Kier molecular flexibility index (Phi) is 8.20. The molecule has 0 aromatic heterocycles. The second-order valence-electron chi connectivity index (χ2n) is 7.33. The molecule has 7 nitrogen and oxygen atoms in total. The van der Waals surface area contributed by atoms with Gasteiger partial charge in [-0.3, -0.25) is 0 Å². The van der Waals surface area contributed by atoms with Crippen molar-refractivity contribution in [2.75, 3.05) is 46.9 Å². The van der Waals surface area contributed by atoms with Gasteiger partial charge in [-0.25, -0.2) is 4.99 Å². The summed E-state index contributed by atoms with van der Waals surface area (Å²) in [7, 11) is 4.07. The summed E-state index contributed by atoms with van der Waals surface area (Å²) in [6, 6.07) is 15.8. The number of fused-ring (bicyclic) bond motifs is 1. The molecule has 2 aromatic carbocycles. The number of hydrogen-bond acceptors (Lipinski definition) is 5. The lowest BCUT2D eigenvalue weighted by atomic mass is 10.2. The Morgan fingerprint density at radius 1 is 1.10 bits per heavy atom. The van der Waals surface area contributed by atoms with Crippen LogP contribution in [-0.4, -0.2) is 63.9 Å². The van der Waals surface area contributed by atoms with Crippen molar-refractivity contribution in [1.82, 2.24) is 15.5 Å². The molecule has 0 radical (unpaired) electrons. The van der Waals surface area contributed by atoms with Gasteiger partial charge in [0.1, 0.15) is 25.1 Å². The molecule has 0 amide bonds. The summed E-state index contributed by atoms with van der Waals surface area (Å²) in [4.78, 5) is 6.82. The van der Waals surface area contributed by atoms with Crippen LogP contribution in [0.2, 0.25) is 0 Å². The van der Waals surface area contributed by atoms with E-state index in [4.69, 9.17) is 19.2 Å². The number of ether oxygens (including phenoxy) is 3. The molecule has 0 aliphatic carbocycles. The summed E-state index contributed by atoms with van der Waals surface area (Å²) < 4.78 is 17.7. The van der Waals surface area contributed by atoms with Crippen LogP contribution in [-0.2, 0) is 6.54 Å². The quantitative estimate of drug-likeness (QED) is 0.487. The van der Waals surface area contributed by atoms with Crippen LogP contribution in [0.3, 0.4) is 0 Å². The Morgan fingerprint density at radius 2 is 1.87 bits per heavy atom.